The first-order valence-corrected chi connectivity index (χ1v) is 8.06. The molecule has 0 spiro atoms. The number of rotatable bonds is 4. The third-order valence-electron chi connectivity index (χ3n) is 4.09. The Kier molecular flexibility index (Phi) is 4.72. The van der Waals surface area contributed by atoms with Gasteiger partial charge in [-0.3, -0.25) is 0 Å². The first-order chi connectivity index (χ1) is 11.6. The lowest BCUT2D eigenvalue weighted by molar-refractivity contribution is 0.0600. The van der Waals surface area contributed by atoms with Crippen LogP contribution in [0.5, 0.6) is 0 Å². The van der Waals surface area contributed by atoms with E-state index in [1.807, 2.05) is 55.6 Å². The number of esters is 1. The highest BCUT2D eigenvalue weighted by Crippen LogP contribution is 2.30. The van der Waals surface area contributed by atoms with Crippen LogP contribution in [-0.2, 0) is 11.3 Å². The molecule has 0 unspecified atom stereocenters. The average Bonchev–Trinajstić information content (AvgIpc) is 2.92. The molecule has 0 atom stereocenters. The van der Waals surface area contributed by atoms with Crippen LogP contribution in [0.15, 0.2) is 60.8 Å². The first kappa shape index (κ1) is 16.3. The molecule has 122 valence electrons. The summed E-state index contributed by atoms with van der Waals surface area (Å²) in [7, 11) is 1.40. The fourth-order valence-electron chi connectivity index (χ4n) is 2.81. The summed E-state index contributed by atoms with van der Waals surface area (Å²) in [6.07, 6.45) is 2.00. The number of ether oxygens (including phenoxy) is 1. The minimum atomic E-state index is -0.329. The van der Waals surface area contributed by atoms with E-state index in [0.717, 1.165) is 16.8 Å². The number of nitrogens with zero attached hydrogens (tertiary/aromatic N) is 1. The predicted octanol–water partition coefficient (Wildman–Crippen LogP) is 4.95. The number of benzene rings is 2. The molecule has 0 radical (unpaired) electrons. The monoisotopic (exact) mass is 339 g/mol. The van der Waals surface area contributed by atoms with Gasteiger partial charge in [-0.1, -0.05) is 54.1 Å². The van der Waals surface area contributed by atoms with Crippen LogP contribution in [0.3, 0.4) is 0 Å². The standard InChI is InChI=1S/C20H18ClNO2/c1-14-19(20(23)24-2)18(16-8-10-17(21)11-9-16)13-22(14)12-15-6-4-3-5-7-15/h3-11,13H,12H2,1-2H3. The summed E-state index contributed by atoms with van der Waals surface area (Å²) >= 11 is 5.98. The number of halogens is 1. The molecule has 24 heavy (non-hydrogen) atoms. The first-order valence-electron chi connectivity index (χ1n) is 7.68. The molecule has 0 bridgehead atoms. The number of methoxy groups -OCH3 is 1. The van der Waals surface area contributed by atoms with Gasteiger partial charge in [0.15, 0.2) is 0 Å². The minimum absolute atomic E-state index is 0.329. The lowest BCUT2D eigenvalue weighted by atomic mass is 10.0. The van der Waals surface area contributed by atoms with Crippen LogP contribution >= 0.6 is 11.6 Å². The number of carbonyl (C=O) groups excluding carboxylic acids is 1. The van der Waals surface area contributed by atoms with Crippen molar-refractivity contribution in [3.8, 4) is 11.1 Å². The summed E-state index contributed by atoms with van der Waals surface area (Å²) in [4.78, 5) is 12.3. The molecule has 0 aliphatic heterocycles. The second kappa shape index (κ2) is 6.93. The summed E-state index contributed by atoms with van der Waals surface area (Å²) in [5.41, 5.74) is 4.45. The van der Waals surface area contributed by atoms with Gasteiger partial charge in [-0.2, -0.15) is 0 Å². The zero-order chi connectivity index (χ0) is 17.1. The van der Waals surface area contributed by atoms with Gasteiger partial charge in [-0.25, -0.2) is 4.79 Å². The third kappa shape index (κ3) is 3.22. The van der Waals surface area contributed by atoms with Crippen molar-refractivity contribution in [1.82, 2.24) is 4.57 Å². The largest absolute Gasteiger partial charge is 0.465 e. The van der Waals surface area contributed by atoms with E-state index in [2.05, 4.69) is 16.7 Å². The van der Waals surface area contributed by atoms with Crippen molar-refractivity contribution in [3.05, 3.63) is 82.6 Å². The lowest BCUT2D eigenvalue weighted by Gasteiger charge is -2.07. The molecule has 0 saturated carbocycles. The number of hydrogen-bond acceptors (Lipinski definition) is 2. The van der Waals surface area contributed by atoms with Crippen LogP contribution in [0, 0.1) is 6.92 Å². The average molecular weight is 340 g/mol. The third-order valence-corrected chi connectivity index (χ3v) is 4.34. The molecule has 2 aromatic carbocycles. The summed E-state index contributed by atoms with van der Waals surface area (Å²) in [5.74, 6) is -0.329. The van der Waals surface area contributed by atoms with Crippen molar-refractivity contribution >= 4 is 17.6 Å². The highest BCUT2D eigenvalue weighted by Gasteiger charge is 2.21. The molecule has 0 fully saturated rings. The second-order valence-corrected chi connectivity index (χ2v) is 6.05. The molecule has 0 amide bonds. The van der Waals surface area contributed by atoms with E-state index in [1.54, 1.807) is 0 Å². The molecular weight excluding hydrogens is 322 g/mol. The van der Waals surface area contributed by atoms with E-state index in [-0.39, 0.29) is 5.97 Å². The molecule has 4 heteroatoms. The van der Waals surface area contributed by atoms with E-state index in [9.17, 15) is 4.79 Å². The van der Waals surface area contributed by atoms with E-state index < -0.39 is 0 Å². The van der Waals surface area contributed by atoms with Crippen molar-refractivity contribution in [3.63, 3.8) is 0 Å². The quantitative estimate of drug-likeness (QED) is 0.630. The Bertz CT molecular complexity index is 851. The fraction of sp³-hybridized carbons (Fsp3) is 0.150. The van der Waals surface area contributed by atoms with E-state index >= 15 is 0 Å². The van der Waals surface area contributed by atoms with Gasteiger partial charge >= 0.3 is 5.97 Å². The van der Waals surface area contributed by atoms with Crippen molar-refractivity contribution in [2.24, 2.45) is 0 Å². The van der Waals surface area contributed by atoms with Gasteiger partial charge in [0.2, 0.25) is 0 Å². The van der Waals surface area contributed by atoms with Gasteiger partial charge in [-0.05, 0) is 30.2 Å². The van der Waals surface area contributed by atoms with E-state index in [4.69, 9.17) is 16.3 Å². The molecule has 1 aromatic heterocycles. The Balaban J connectivity index is 2.08. The topological polar surface area (TPSA) is 31.2 Å². The van der Waals surface area contributed by atoms with Gasteiger partial charge in [0.1, 0.15) is 0 Å². The van der Waals surface area contributed by atoms with Gasteiger partial charge < -0.3 is 9.30 Å². The smallest absolute Gasteiger partial charge is 0.340 e. The summed E-state index contributed by atoms with van der Waals surface area (Å²) < 4.78 is 7.06. The Morgan fingerprint density at radius 3 is 2.38 bits per heavy atom. The van der Waals surface area contributed by atoms with Crippen LogP contribution in [0.4, 0.5) is 0 Å². The van der Waals surface area contributed by atoms with Crippen molar-refractivity contribution in [1.29, 1.82) is 0 Å². The molecule has 3 rings (SSSR count). The van der Waals surface area contributed by atoms with Crippen LogP contribution in [-0.4, -0.2) is 17.6 Å². The maximum absolute atomic E-state index is 12.3. The summed E-state index contributed by atoms with van der Waals surface area (Å²) in [6, 6.07) is 17.6. The highest BCUT2D eigenvalue weighted by molar-refractivity contribution is 6.30. The van der Waals surface area contributed by atoms with Crippen LogP contribution in [0.25, 0.3) is 11.1 Å². The second-order valence-electron chi connectivity index (χ2n) is 5.62. The van der Waals surface area contributed by atoms with Gasteiger partial charge in [0, 0.05) is 29.0 Å². The van der Waals surface area contributed by atoms with Gasteiger partial charge in [0.25, 0.3) is 0 Å². The molecule has 3 nitrogen and oxygen atoms in total. The Morgan fingerprint density at radius 1 is 1.08 bits per heavy atom. The maximum Gasteiger partial charge on any atom is 0.340 e. The van der Waals surface area contributed by atoms with E-state index in [1.165, 1.54) is 12.7 Å². The van der Waals surface area contributed by atoms with Crippen molar-refractivity contribution in [2.75, 3.05) is 7.11 Å². The Morgan fingerprint density at radius 2 is 1.75 bits per heavy atom. The molecule has 3 aromatic rings. The van der Waals surface area contributed by atoms with Crippen LogP contribution < -0.4 is 0 Å². The number of hydrogen-bond donors (Lipinski definition) is 0. The molecule has 0 saturated heterocycles. The maximum atomic E-state index is 12.3. The predicted molar refractivity (Wildman–Crippen MR) is 96.5 cm³/mol. The minimum Gasteiger partial charge on any atom is -0.465 e. The summed E-state index contributed by atoms with van der Waals surface area (Å²) in [6.45, 7) is 2.64. The normalized spacial score (nSPS) is 10.6. The molecular formula is C20H18ClNO2. The molecule has 0 aliphatic carbocycles. The summed E-state index contributed by atoms with van der Waals surface area (Å²) in [5, 5.41) is 0.666. The highest BCUT2D eigenvalue weighted by atomic mass is 35.5. The van der Waals surface area contributed by atoms with E-state index in [0.29, 0.717) is 17.1 Å². The number of carbonyl (C=O) groups is 1. The molecule has 0 aliphatic rings. The SMILES string of the molecule is COC(=O)c1c(-c2ccc(Cl)cc2)cn(Cc2ccccc2)c1C. The Hall–Kier alpha value is -2.52. The zero-order valence-electron chi connectivity index (χ0n) is 13.6. The zero-order valence-corrected chi connectivity index (χ0v) is 14.4. The Labute approximate surface area is 146 Å². The van der Waals surface area contributed by atoms with Crippen molar-refractivity contribution < 1.29 is 9.53 Å². The van der Waals surface area contributed by atoms with Gasteiger partial charge in [0.05, 0.1) is 12.7 Å². The number of aromatic nitrogens is 1. The molecule has 0 N–H and O–H groups in total. The lowest BCUT2D eigenvalue weighted by Crippen LogP contribution is -2.06. The van der Waals surface area contributed by atoms with Crippen LogP contribution in [0.1, 0.15) is 21.6 Å². The van der Waals surface area contributed by atoms with Gasteiger partial charge in [-0.15, -0.1) is 0 Å². The van der Waals surface area contributed by atoms with Crippen LogP contribution in [0.2, 0.25) is 5.02 Å². The fourth-order valence-corrected chi connectivity index (χ4v) is 2.93. The van der Waals surface area contributed by atoms with Crippen molar-refractivity contribution in [2.45, 2.75) is 13.5 Å². The molecule has 1 heterocycles.